The minimum absolute atomic E-state index is 0.0593. The summed E-state index contributed by atoms with van der Waals surface area (Å²) in [6.07, 6.45) is 2.07. The number of H-pyrrole nitrogens is 1. The predicted octanol–water partition coefficient (Wildman–Crippen LogP) is 4.23. The van der Waals surface area contributed by atoms with E-state index in [1.165, 1.54) is 0 Å². The summed E-state index contributed by atoms with van der Waals surface area (Å²) >= 11 is 3.41. The summed E-state index contributed by atoms with van der Waals surface area (Å²) in [7, 11) is 0. The highest BCUT2D eigenvalue weighted by molar-refractivity contribution is 9.10. The highest BCUT2D eigenvalue weighted by Crippen LogP contribution is 2.22. The summed E-state index contributed by atoms with van der Waals surface area (Å²) in [4.78, 5) is 15.5. The van der Waals surface area contributed by atoms with Gasteiger partial charge in [-0.2, -0.15) is 5.26 Å². The highest BCUT2D eigenvalue weighted by Gasteiger charge is 2.13. The molecule has 0 unspecified atom stereocenters. The average Bonchev–Trinajstić information content (AvgIpc) is 2.90. The summed E-state index contributed by atoms with van der Waals surface area (Å²) < 4.78 is 0.963. The van der Waals surface area contributed by atoms with E-state index in [-0.39, 0.29) is 5.78 Å². The van der Waals surface area contributed by atoms with Crippen LogP contribution in [0.2, 0.25) is 0 Å². The van der Waals surface area contributed by atoms with Crippen LogP contribution in [0.25, 0.3) is 10.9 Å². The summed E-state index contributed by atoms with van der Waals surface area (Å²) in [6.45, 7) is 0. The summed E-state index contributed by atoms with van der Waals surface area (Å²) in [5, 5.41) is 9.75. The van der Waals surface area contributed by atoms with Crippen LogP contribution in [0.5, 0.6) is 0 Å². The number of carbonyl (C=O) groups excluding carboxylic acids is 1. The van der Waals surface area contributed by atoms with E-state index >= 15 is 0 Å². The van der Waals surface area contributed by atoms with Crippen LogP contribution in [0.15, 0.2) is 53.1 Å². The Balaban J connectivity index is 1.93. The molecule has 1 N–H and O–H groups in total. The summed E-state index contributed by atoms with van der Waals surface area (Å²) in [6, 6.07) is 15.1. The summed E-state index contributed by atoms with van der Waals surface area (Å²) in [5.41, 5.74) is 3.02. The molecule has 0 saturated heterocycles. The zero-order valence-corrected chi connectivity index (χ0v) is 12.6. The molecule has 0 fully saturated rings. The molecule has 0 bridgehead atoms. The minimum atomic E-state index is 0.0593. The van der Waals surface area contributed by atoms with E-state index in [1.807, 2.05) is 30.3 Å². The van der Waals surface area contributed by atoms with Crippen LogP contribution in [0.1, 0.15) is 21.5 Å². The van der Waals surface area contributed by atoms with Gasteiger partial charge in [0.05, 0.1) is 11.6 Å². The fourth-order valence-electron chi connectivity index (χ4n) is 2.35. The van der Waals surface area contributed by atoms with Gasteiger partial charge >= 0.3 is 0 Å². The second kappa shape index (κ2) is 5.55. The van der Waals surface area contributed by atoms with Crippen LogP contribution >= 0.6 is 15.9 Å². The number of Topliss-reactive ketones (excluding diaryl/α,β-unsaturated/α-hetero) is 1. The van der Waals surface area contributed by atoms with Gasteiger partial charge in [0.25, 0.3) is 0 Å². The maximum absolute atomic E-state index is 12.5. The molecule has 0 saturated carbocycles. The van der Waals surface area contributed by atoms with Gasteiger partial charge in [-0.1, -0.05) is 34.1 Å². The third-order valence-electron chi connectivity index (χ3n) is 3.36. The van der Waals surface area contributed by atoms with Crippen molar-refractivity contribution in [1.82, 2.24) is 4.98 Å². The zero-order chi connectivity index (χ0) is 14.8. The minimum Gasteiger partial charge on any atom is -0.360 e. The molecule has 3 rings (SSSR count). The van der Waals surface area contributed by atoms with E-state index in [4.69, 9.17) is 5.26 Å². The molecule has 3 aromatic rings. The van der Waals surface area contributed by atoms with Crippen molar-refractivity contribution in [2.75, 3.05) is 0 Å². The van der Waals surface area contributed by atoms with Crippen molar-refractivity contribution in [3.05, 3.63) is 69.8 Å². The number of nitriles is 1. The number of nitrogens with zero attached hydrogens (tertiary/aromatic N) is 1. The van der Waals surface area contributed by atoms with Gasteiger partial charge in [-0.25, -0.2) is 0 Å². The topological polar surface area (TPSA) is 56.6 Å². The van der Waals surface area contributed by atoms with Gasteiger partial charge in [0.15, 0.2) is 5.78 Å². The van der Waals surface area contributed by atoms with E-state index in [0.29, 0.717) is 17.5 Å². The van der Waals surface area contributed by atoms with Crippen LogP contribution < -0.4 is 0 Å². The normalized spacial score (nSPS) is 10.5. The number of fused-ring (bicyclic) bond motifs is 1. The van der Waals surface area contributed by atoms with Gasteiger partial charge < -0.3 is 4.98 Å². The van der Waals surface area contributed by atoms with Crippen molar-refractivity contribution in [3.8, 4) is 6.07 Å². The van der Waals surface area contributed by atoms with Crippen LogP contribution in [0.3, 0.4) is 0 Å². The molecule has 0 spiro atoms. The fraction of sp³-hybridized carbons (Fsp3) is 0.0588. The van der Waals surface area contributed by atoms with E-state index in [1.54, 1.807) is 18.3 Å². The van der Waals surface area contributed by atoms with Gasteiger partial charge in [0, 0.05) is 33.6 Å². The molecule has 0 aliphatic rings. The van der Waals surface area contributed by atoms with Gasteiger partial charge in [-0.3, -0.25) is 4.79 Å². The second-order valence-electron chi connectivity index (χ2n) is 4.80. The van der Waals surface area contributed by atoms with Crippen LogP contribution in [0, 0.1) is 11.3 Å². The molecular formula is C17H11BrN2O. The number of ketones is 1. The average molecular weight is 339 g/mol. The fourth-order valence-corrected chi connectivity index (χ4v) is 2.80. The SMILES string of the molecule is N#Cc1ccc2c(C(=O)Cc3cccc(Br)c3)c[nH]c2c1. The first kappa shape index (κ1) is 13.6. The Hall–Kier alpha value is -2.38. The molecule has 4 heteroatoms. The molecule has 1 heterocycles. The highest BCUT2D eigenvalue weighted by atomic mass is 79.9. The van der Waals surface area contributed by atoms with E-state index < -0.39 is 0 Å². The molecule has 102 valence electrons. The molecule has 0 aliphatic carbocycles. The van der Waals surface area contributed by atoms with Crippen molar-refractivity contribution in [1.29, 1.82) is 5.26 Å². The molecule has 0 aliphatic heterocycles. The first-order valence-electron chi connectivity index (χ1n) is 6.46. The number of hydrogen-bond donors (Lipinski definition) is 1. The quantitative estimate of drug-likeness (QED) is 0.726. The van der Waals surface area contributed by atoms with Gasteiger partial charge in [0.2, 0.25) is 0 Å². The van der Waals surface area contributed by atoms with Crippen molar-refractivity contribution in [3.63, 3.8) is 0 Å². The lowest BCUT2D eigenvalue weighted by Gasteiger charge is -2.01. The largest absolute Gasteiger partial charge is 0.360 e. The van der Waals surface area contributed by atoms with Gasteiger partial charge in [-0.15, -0.1) is 0 Å². The van der Waals surface area contributed by atoms with Crippen LogP contribution in [-0.2, 0) is 6.42 Å². The lowest BCUT2D eigenvalue weighted by atomic mass is 10.0. The Morgan fingerprint density at radius 1 is 1.24 bits per heavy atom. The number of benzene rings is 2. The second-order valence-corrected chi connectivity index (χ2v) is 5.72. The number of nitrogens with one attached hydrogen (secondary N) is 1. The first-order chi connectivity index (χ1) is 10.2. The molecule has 3 nitrogen and oxygen atoms in total. The number of rotatable bonds is 3. The molecule has 21 heavy (non-hydrogen) atoms. The van der Waals surface area contributed by atoms with Gasteiger partial charge in [-0.05, 0) is 29.8 Å². The van der Waals surface area contributed by atoms with Crippen LogP contribution in [0.4, 0.5) is 0 Å². The summed E-state index contributed by atoms with van der Waals surface area (Å²) in [5.74, 6) is 0.0593. The van der Waals surface area contributed by atoms with E-state index in [0.717, 1.165) is 20.9 Å². The molecule has 0 amide bonds. The van der Waals surface area contributed by atoms with Gasteiger partial charge in [0.1, 0.15) is 0 Å². The lowest BCUT2D eigenvalue weighted by Crippen LogP contribution is -2.02. The molecule has 2 aromatic carbocycles. The first-order valence-corrected chi connectivity index (χ1v) is 7.25. The van der Waals surface area contributed by atoms with Crippen molar-refractivity contribution in [2.45, 2.75) is 6.42 Å². The van der Waals surface area contributed by atoms with Crippen molar-refractivity contribution in [2.24, 2.45) is 0 Å². The monoisotopic (exact) mass is 338 g/mol. The molecule has 0 atom stereocenters. The number of aromatic nitrogens is 1. The Morgan fingerprint density at radius 2 is 2.10 bits per heavy atom. The number of aromatic amines is 1. The van der Waals surface area contributed by atoms with E-state index in [9.17, 15) is 4.79 Å². The lowest BCUT2D eigenvalue weighted by molar-refractivity contribution is 0.0994. The van der Waals surface area contributed by atoms with E-state index in [2.05, 4.69) is 27.0 Å². The molecule has 1 aromatic heterocycles. The number of hydrogen-bond acceptors (Lipinski definition) is 2. The number of carbonyl (C=O) groups is 1. The molecular weight excluding hydrogens is 328 g/mol. The Labute approximate surface area is 130 Å². The third kappa shape index (κ3) is 2.74. The molecule has 0 radical (unpaired) electrons. The number of halogens is 1. The predicted molar refractivity (Wildman–Crippen MR) is 85.2 cm³/mol. The third-order valence-corrected chi connectivity index (χ3v) is 3.86. The van der Waals surface area contributed by atoms with Crippen molar-refractivity contribution >= 4 is 32.6 Å². The smallest absolute Gasteiger partial charge is 0.169 e. The zero-order valence-electron chi connectivity index (χ0n) is 11.1. The Bertz CT molecular complexity index is 874. The maximum atomic E-state index is 12.5. The Morgan fingerprint density at radius 3 is 2.86 bits per heavy atom. The standard InChI is InChI=1S/C17H11BrN2O/c18-13-3-1-2-11(6-13)8-17(21)15-10-20-16-7-12(9-19)4-5-14(15)16/h1-7,10,20H,8H2. The maximum Gasteiger partial charge on any atom is 0.169 e. The van der Waals surface area contributed by atoms with Crippen LogP contribution in [-0.4, -0.2) is 10.8 Å². The van der Waals surface area contributed by atoms with Crippen molar-refractivity contribution < 1.29 is 4.79 Å². The Kier molecular flexibility index (Phi) is 3.59.